The second-order valence-corrected chi connectivity index (χ2v) is 6.45. The number of hydrogen-bond donors (Lipinski definition) is 2. The van der Waals surface area contributed by atoms with Crippen LogP contribution in [0.4, 0.5) is 0 Å². The normalized spacial score (nSPS) is 10.8. The maximum absolute atomic E-state index is 11.9. The van der Waals surface area contributed by atoms with Crippen LogP contribution in [0.15, 0.2) is 77.2 Å². The Morgan fingerprint density at radius 2 is 1.68 bits per heavy atom. The van der Waals surface area contributed by atoms with Crippen molar-refractivity contribution in [2.75, 3.05) is 6.54 Å². The van der Waals surface area contributed by atoms with Crippen molar-refractivity contribution in [3.8, 4) is 11.3 Å². The average Bonchev–Trinajstić information content (AvgIpc) is 3.19. The van der Waals surface area contributed by atoms with E-state index in [0.29, 0.717) is 16.5 Å². The van der Waals surface area contributed by atoms with E-state index in [2.05, 4.69) is 10.6 Å². The Morgan fingerprint density at radius 1 is 0.929 bits per heavy atom. The minimum atomic E-state index is -0.331. The Balaban J connectivity index is 1.42. The predicted molar refractivity (Wildman–Crippen MR) is 109 cm³/mol. The lowest BCUT2D eigenvalue weighted by Crippen LogP contribution is -2.35. The van der Waals surface area contributed by atoms with E-state index in [9.17, 15) is 9.59 Å². The van der Waals surface area contributed by atoms with Crippen LogP contribution in [0.5, 0.6) is 0 Å². The third-order valence-corrected chi connectivity index (χ3v) is 4.15. The molecule has 0 atom stereocenters. The van der Waals surface area contributed by atoms with Crippen LogP contribution in [0.1, 0.15) is 11.3 Å². The van der Waals surface area contributed by atoms with Gasteiger partial charge < -0.3 is 15.1 Å². The molecule has 0 fully saturated rings. The van der Waals surface area contributed by atoms with Gasteiger partial charge >= 0.3 is 0 Å². The van der Waals surface area contributed by atoms with Gasteiger partial charge in [-0.3, -0.25) is 9.59 Å². The summed E-state index contributed by atoms with van der Waals surface area (Å²) < 4.78 is 5.72. The molecule has 28 heavy (non-hydrogen) atoms. The number of amides is 2. The zero-order valence-corrected chi connectivity index (χ0v) is 15.8. The van der Waals surface area contributed by atoms with Crippen LogP contribution in [0.25, 0.3) is 17.4 Å². The summed E-state index contributed by atoms with van der Waals surface area (Å²) >= 11 is 5.88. The third-order valence-electron chi connectivity index (χ3n) is 3.90. The van der Waals surface area contributed by atoms with Crippen LogP contribution in [0, 0.1) is 0 Å². The van der Waals surface area contributed by atoms with Crippen molar-refractivity contribution in [2.45, 2.75) is 6.54 Å². The van der Waals surface area contributed by atoms with E-state index < -0.39 is 0 Å². The van der Waals surface area contributed by atoms with Gasteiger partial charge in [0.2, 0.25) is 11.8 Å². The van der Waals surface area contributed by atoms with Crippen LogP contribution in [-0.4, -0.2) is 18.4 Å². The quantitative estimate of drug-likeness (QED) is 0.594. The zero-order chi connectivity index (χ0) is 19.8. The molecule has 0 saturated heterocycles. The van der Waals surface area contributed by atoms with Crippen molar-refractivity contribution in [3.63, 3.8) is 0 Å². The Morgan fingerprint density at radius 3 is 2.43 bits per heavy atom. The molecule has 6 heteroatoms. The van der Waals surface area contributed by atoms with Gasteiger partial charge in [-0.2, -0.15) is 0 Å². The van der Waals surface area contributed by atoms with E-state index in [1.54, 1.807) is 24.3 Å². The highest BCUT2D eigenvalue weighted by atomic mass is 35.5. The molecule has 0 spiro atoms. The van der Waals surface area contributed by atoms with Crippen LogP contribution < -0.4 is 10.6 Å². The van der Waals surface area contributed by atoms with Gasteiger partial charge in [-0.15, -0.1) is 0 Å². The zero-order valence-electron chi connectivity index (χ0n) is 15.0. The summed E-state index contributed by atoms with van der Waals surface area (Å²) in [5, 5.41) is 5.91. The molecule has 3 rings (SSSR count). The molecular formula is C22H19ClN2O3. The van der Waals surface area contributed by atoms with Crippen LogP contribution in [0.2, 0.25) is 5.02 Å². The maximum atomic E-state index is 11.9. The second kappa shape index (κ2) is 9.58. The Hall–Kier alpha value is -3.31. The van der Waals surface area contributed by atoms with Gasteiger partial charge in [0.25, 0.3) is 0 Å². The molecule has 5 nitrogen and oxygen atoms in total. The first-order valence-electron chi connectivity index (χ1n) is 8.72. The molecule has 0 unspecified atom stereocenters. The van der Waals surface area contributed by atoms with Crippen LogP contribution in [0.3, 0.4) is 0 Å². The monoisotopic (exact) mass is 394 g/mol. The minimum absolute atomic E-state index is 0.108. The molecule has 0 aliphatic heterocycles. The molecular weight excluding hydrogens is 376 g/mol. The number of benzene rings is 2. The van der Waals surface area contributed by atoms with Crippen molar-refractivity contribution in [3.05, 3.63) is 89.2 Å². The first-order valence-corrected chi connectivity index (χ1v) is 9.10. The molecule has 3 aromatic rings. The first-order chi connectivity index (χ1) is 13.6. The molecule has 0 saturated carbocycles. The topological polar surface area (TPSA) is 71.3 Å². The fourth-order valence-electron chi connectivity index (χ4n) is 2.45. The van der Waals surface area contributed by atoms with Gasteiger partial charge in [0.15, 0.2) is 0 Å². The molecule has 2 aromatic carbocycles. The summed E-state index contributed by atoms with van der Waals surface area (Å²) in [4.78, 5) is 23.7. The smallest absolute Gasteiger partial charge is 0.244 e. The molecule has 0 aliphatic carbocycles. The Kier molecular flexibility index (Phi) is 6.65. The average molecular weight is 395 g/mol. The van der Waals surface area contributed by atoms with Gasteiger partial charge in [-0.1, -0.05) is 41.9 Å². The van der Waals surface area contributed by atoms with E-state index >= 15 is 0 Å². The van der Waals surface area contributed by atoms with Gasteiger partial charge in [0, 0.05) is 16.7 Å². The summed E-state index contributed by atoms with van der Waals surface area (Å²) in [6.07, 6.45) is 3.09. The molecule has 0 bridgehead atoms. The summed E-state index contributed by atoms with van der Waals surface area (Å²) in [7, 11) is 0. The molecule has 2 N–H and O–H groups in total. The van der Waals surface area contributed by atoms with Crippen molar-refractivity contribution < 1.29 is 14.0 Å². The first kappa shape index (κ1) is 19.5. The number of carbonyl (C=O) groups is 2. The number of carbonyl (C=O) groups excluding carboxylic acids is 2. The van der Waals surface area contributed by atoms with E-state index in [1.165, 1.54) is 6.08 Å². The summed E-state index contributed by atoms with van der Waals surface area (Å²) in [5.74, 6) is 0.682. The SMILES string of the molecule is O=C(/C=C/c1ccccc1)NCC(=O)NCc1ccc(-c2ccc(Cl)cc2)o1. The summed E-state index contributed by atoms with van der Waals surface area (Å²) in [6.45, 7) is 0.130. The van der Waals surface area contributed by atoms with Crippen LogP contribution in [-0.2, 0) is 16.1 Å². The third kappa shape index (κ3) is 5.86. The summed E-state index contributed by atoms with van der Waals surface area (Å²) in [6, 6.07) is 20.4. The Bertz CT molecular complexity index is 963. The van der Waals surface area contributed by atoms with E-state index in [-0.39, 0.29) is 24.9 Å². The highest BCUT2D eigenvalue weighted by molar-refractivity contribution is 6.30. The van der Waals surface area contributed by atoms with Crippen molar-refractivity contribution >= 4 is 29.5 Å². The van der Waals surface area contributed by atoms with Crippen molar-refractivity contribution in [2.24, 2.45) is 0 Å². The molecule has 0 radical (unpaired) electrons. The fourth-order valence-corrected chi connectivity index (χ4v) is 2.58. The number of hydrogen-bond acceptors (Lipinski definition) is 3. The highest BCUT2D eigenvalue weighted by Gasteiger charge is 2.07. The Labute approximate surface area is 168 Å². The maximum Gasteiger partial charge on any atom is 0.244 e. The lowest BCUT2D eigenvalue weighted by Gasteiger charge is -2.04. The van der Waals surface area contributed by atoms with Gasteiger partial charge in [-0.05, 0) is 48.0 Å². The number of nitrogens with one attached hydrogen (secondary N) is 2. The molecule has 1 heterocycles. The van der Waals surface area contributed by atoms with Gasteiger partial charge in [0.05, 0.1) is 13.1 Å². The second-order valence-electron chi connectivity index (χ2n) is 6.01. The van der Waals surface area contributed by atoms with Crippen molar-refractivity contribution in [1.29, 1.82) is 0 Å². The van der Waals surface area contributed by atoms with Crippen LogP contribution >= 0.6 is 11.6 Å². The highest BCUT2D eigenvalue weighted by Crippen LogP contribution is 2.23. The number of rotatable bonds is 7. The molecule has 2 amide bonds. The molecule has 1 aromatic heterocycles. The van der Waals surface area contributed by atoms with Gasteiger partial charge in [-0.25, -0.2) is 0 Å². The lowest BCUT2D eigenvalue weighted by molar-refractivity contribution is -0.124. The number of halogens is 1. The van der Waals surface area contributed by atoms with E-state index in [1.807, 2.05) is 48.5 Å². The molecule has 142 valence electrons. The standard InChI is InChI=1S/C22H19ClN2O3/c23-18-9-7-17(8-10-18)20-12-11-19(28-20)14-24-22(27)15-25-21(26)13-6-16-4-2-1-3-5-16/h1-13H,14-15H2,(H,24,27)(H,25,26)/b13-6+. The lowest BCUT2D eigenvalue weighted by atomic mass is 10.2. The van der Waals surface area contributed by atoms with E-state index in [4.69, 9.17) is 16.0 Å². The largest absolute Gasteiger partial charge is 0.459 e. The number of furan rings is 1. The predicted octanol–water partition coefficient (Wildman–Crippen LogP) is 4.05. The van der Waals surface area contributed by atoms with Gasteiger partial charge in [0.1, 0.15) is 11.5 Å². The molecule has 0 aliphatic rings. The summed E-state index contributed by atoms with van der Waals surface area (Å²) in [5.41, 5.74) is 1.82. The fraction of sp³-hybridized carbons (Fsp3) is 0.0909. The van der Waals surface area contributed by atoms with Crippen molar-refractivity contribution in [1.82, 2.24) is 10.6 Å². The van der Waals surface area contributed by atoms with E-state index in [0.717, 1.165) is 11.1 Å². The minimum Gasteiger partial charge on any atom is -0.459 e.